The lowest BCUT2D eigenvalue weighted by molar-refractivity contribution is 0.102. The van der Waals surface area contributed by atoms with Gasteiger partial charge in [-0.15, -0.1) is 0 Å². The van der Waals surface area contributed by atoms with Crippen molar-refractivity contribution in [1.82, 2.24) is 0 Å². The molecule has 2 aromatic rings. The summed E-state index contributed by atoms with van der Waals surface area (Å²) >= 11 is 3.52. The van der Waals surface area contributed by atoms with E-state index in [2.05, 4.69) is 26.7 Å². The van der Waals surface area contributed by atoms with Crippen LogP contribution in [0.4, 0.5) is 11.4 Å². The highest BCUT2D eigenvalue weighted by Gasteiger charge is 2.11. The number of benzene rings is 2. The van der Waals surface area contributed by atoms with Crippen LogP contribution in [0.1, 0.15) is 27.0 Å². The van der Waals surface area contributed by atoms with Crippen LogP contribution in [0.2, 0.25) is 0 Å². The number of halogens is 1. The van der Waals surface area contributed by atoms with Gasteiger partial charge in [0.1, 0.15) is 0 Å². The van der Waals surface area contributed by atoms with Crippen molar-refractivity contribution < 1.29 is 4.79 Å². The summed E-state index contributed by atoms with van der Waals surface area (Å²) in [5.41, 5.74) is 7.81. The minimum atomic E-state index is -0.128. The first kappa shape index (κ1) is 15.5. The van der Waals surface area contributed by atoms with E-state index in [0.29, 0.717) is 5.56 Å². The highest BCUT2D eigenvalue weighted by molar-refractivity contribution is 9.10. The van der Waals surface area contributed by atoms with Gasteiger partial charge in [0.15, 0.2) is 0 Å². The number of hydrogen-bond donors (Lipinski definition) is 3. The third kappa shape index (κ3) is 3.43. The van der Waals surface area contributed by atoms with E-state index in [4.69, 9.17) is 5.84 Å². The SMILES string of the molecule is Cc1cc(NN)ccc1C(=O)Nc1cc(C)c(Br)c(C)c1. The van der Waals surface area contributed by atoms with Crippen LogP contribution in [-0.2, 0) is 0 Å². The van der Waals surface area contributed by atoms with Crippen molar-refractivity contribution in [3.63, 3.8) is 0 Å². The Labute approximate surface area is 132 Å². The van der Waals surface area contributed by atoms with Crippen molar-refractivity contribution in [2.45, 2.75) is 20.8 Å². The van der Waals surface area contributed by atoms with E-state index in [1.54, 1.807) is 12.1 Å². The molecule has 4 nitrogen and oxygen atoms in total. The monoisotopic (exact) mass is 347 g/mol. The van der Waals surface area contributed by atoms with Crippen molar-refractivity contribution in [3.8, 4) is 0 Å². The standard InChI is InChI=1S/C16H18BrN3O/c1-9-6-12(20-18)4-5-14(9)16(21)19-13-7-10(2)15(17)11(3)8-13/h4-8,20H,18H2,1-3H3,(H,19,21). The highest BCUT2D eigenvalue weighted by atomic mass is 79.9. The van der Waals surface area contributed by atoms with Gasteiger partial charge in [-0.25, -0.2) is 0 Å². The van der Waals surface area contributed by atoms with Crippen molar-refractivity contribution in [3.05, 3.63) is 57.1 Å². The molecule has 5 heteroatoms. The van der Waals surface area contributed by atoms with E-state index >= 15 is 0 Å². The van der Waals surface area contributed by atoms with Crippen LogP contribution in [0.5, 0.6) is 0 Å². The molecule has 0 aliphatic rings. The van der Waals surface area contributed by atoms with E-state index < -0.39 is 0 Å². The topological polar surface area (TPSA) is 67.1 Å². The fourth-order valence-electron chi connectivity index (χ4n) is 2.22. The molecule has 0 heterocycles. The van der Waals surface area contributed by atoms with E-state index in [9.17, 15) is 4.79 Å². The Morgan fingerprint density at radius 3 is 2.10 bits per heavy atom. The summed E-state index contributed by atoms with van der Waals surface area (Å²) in [6.07, 6.45) is 0. The molecule has 0 atom stereocenters. The summed E-state index contributed by atoms with van der Waals surface area (Å²) < 4.78 is 1.06. The zero-order valence-electron chi connectivity index (χ0n) is 12.3. The molecule has 4 N–H and O–H groups in total. The zero-order chi connectivity index (χ0) is 15.6. The highest BCUT2D eigenvalue weighted by Crippen LogP contribution is 2.25. The minimum Gasteiger partial charge on any atom is -0.324 e. The molecule has 0 spiro atoms. The number of hydrogen-bond acceptors (Lipinski definition) is 3. The molecule has 0 aliphatic heterocycles. The summed E-state index contributed by atoms with van der Waals surface area (Å²) in [6, 6.07) is 9.27. The van der Waals surface area contributed by atoms with Crippen molar-refractivity contribution in [2.24, 2.45) is 5.84 Å². The molecule has 0 fully saturated rings. The predicted molar refractivity (Wildman–Crippen MR) is 90.6 cm³/mol. The molecule has 0 unspecified atom stereocenters. The van der Waals surface area contributed by atoms with Crippen LogP contribution in [0, 0.1) is 20.8 Å². The molecule has 21 heavy (non-hydrogen) atoms. The first-order valence-electron chi connectivity index (χ1n) is 6.57. The Hall–Kier alpha value is -1.85. The summed E-state index contributed by atoms with van der Waals surface area (Å²) in [4.78, 5) is 12.4. The first-order valence-corrected chi connectivity index (χ1v) is 7.37. The number of aryl methyl sites for hydroxylation is 3. The summed E-state index contributed by atoms with van der Waals surface area (Å²) in [5, 5.41) is 2.93. The van der Waals surface area contributed by atoms with E-state index in [-0.39, 0.29) is 5.91 Å². The van der Waals surface area contributed by atoms with Gasteiger partial charge in [0, 0.05) is 21.4 Å². The number of carbonyl (C=O) groups excluding carboxylic acids is 1. The Bertz CT molecular complexity index is 675. The van der Waals surface area contributed by atoms with Crippen LogP contribution in [0.3, 0.4) is 0 Å². The molecule has 0 aromatic heterocycles. The molecule has 1 amide bonds. The predicted octanol–water partition coefficient (Wildman–Crippen LogP) is 3.91. The van der Waals surface area contributed by atoms with E-state index in [1.807, 2.05) is 39.0 Å². The second-order valence-electron chi connectivity index (χ2n) is 5.05. The van der Waals surface area contributed by atoms with Gasteiger partial charge in [0.05, 0.1) is 0 Å². The Kier molecular flexibility index (Phi) is 4.65. The number of nitrogen functional groups attached to an aromatic ring is 1. The lowest BCUT2D eigenvalue weighted by Gasteiger charge is -2.12. The van der Waals surface area contributed by atoms with Gasteiger partial charge in [-0.3, -0.25) is 10.6 Å². The maximum Gasteiger partial charge on any atom is 0.255 e. The van der Waals surface area contributed by atoms with Crippen LogP contribution >= 0.6 is 15.9 Å². The van der Waals surface area contributed by atoms with E-state index in [1.165, 1.54) is 0 Å². The van der Waals surface area contributed by atoms with Crippen LogP contribution in [0.15, 0.2) is 34.8 Å². The lowest BCUT2D eigenvalue weighted by atomic mass is 10.1. The molecule has 2 aromatic carbocycles. The number of amides is 1. The Morgan fingerprint density at radius 2 is 1.57 bits per heavy atom. The average Bonchev–Trinajstić information content (AvgIpc) is 2.44. The number of nitrogens with one attached hydrogen (secondary N) is 2. The van der Waals surface area contributed by atoms with E-state index in [0.717, 1.165) is 32.5 Å². The lowest BCUT2D eigenvalue weighted by Crippen LogP contribution is -2.14. The quantitative estimate of drug-likeness (QED) is 0.582. The van der Waals surface area contributed by atoms with Gasteiger partial charge in [-0.1, -0.05) is 15.9 Å². The molecule has 2 rings (SSSR count). The smallest absolute Gasteiger partial charge is 0.255 e. The summed E-state index contributed by atoms with van der Waals surface area (Å²) in [5.74, 6) is 5.23. The molecule has 0 saturated heterocycles. The third-order valence-corrected chi connectivity index (χ3v) is 4.58. The van der Waals surface area contributed by atoms with Crippen LogP contribution in [-0.4, -0.2) is 5.91 Å². The van der Waals surface area contributed by atoms with Crippen molar-refractivity contribution in [2.75, 3.05) is 10.7 Å². The largest absolute Gasteiger partial charge is 0.324 e. The second-order valence-corrected chi connectivity index (χ2v) is 5.85. The normalized spacial score (nSPS) is 10.3. The second kappa shape index (κ2) is 6.28. The van der Waals surface area contributed by atoms with Gasteiger partial charge in [0.25, 0.3) is 5.91 Å². The molecule has 0 bridgehead atoms. The van der Waals surface area contributed by atoms with Crippen LogP contribution in [0.25, 0.3) is 0 Å². The molecule has 0 aliphatic carbocycles. The van der Waals surface area contributed by atoms with Crippen molar-refractivity contribution in [1.29, 1.82) is 0 Å². The number of carbonyl (C=O) groups is 1. The average molecular weight is 348 g/mol. The first-order chi connectivity index (χ1) is 9.92. The number of hydrazine groups is 1. The summed E-state index contributed by atoms with van der Waals surface area (Å²) in [7, 11) is 0. The van der Waals surface area contributed by atoms with Crippen molar-refractivity contribution >= 4 is 33.2 Å². The van der Waals surface area contributed by atoms with Gasteiger partial charge in [0.2, 0.25) is 0 Å². The number of nitrogens with two attached hydrogens (primary N) is 1. The molecular formula is C16H18BrN3O. The van der Waals surface area contributed by atoms with Gasteiger partial charge >= 0.3 is 0 Å². The van der Waals surface area contributed by atoms with Gasteiger partial charge < -0.3 is 10.7 Å². The number of rotatable bonds is 3. The summed E-state index contributed by atoms with van der Waals surface area (Å²) in [6.45, 7) is 5.88. The fourth-order valence-corrected chi connectivity index (χ4v) is 2.45. The molecular weight excluding hydrogens is 330 g/mol. The zero-order valence-corrected chi connectivity index (χ0v) is 13.8. The minimum absolute atomic E-state index is 0.128. The molecule has 110 valence electrons. The molecule has 0 radical (unpaired) electrons. The third-order valence-electron chi connectivity index (χ3n) is 3.33. The maximum atomic E-state index is 12.4. The van der Waals surface area contributed by atoms with Gasteiger partial charge in [-0.2, -0.15) is 0 Å². The van der Waals surface area contributed by atoms with Gasteiger partial charge in [-0.05, 0) is 67.8 Å². The van der Waals surface area contributed by atoms with Crippen LogP contribution < -0.4 is 16.6 Å². The fraction of sp³-hybridized carbons (Fsp3) is 0.188. The number of anilines is 2. The maximum absolute atomic E-state index is 12.4. The Morgan fingerprint density at radius 1 is 1.00 bits per heavy atom. The Balaban J connectivity index is 2.26. The molecule has 0 saturated carbocycles.